The summed E-state index contributed by atoms with van der Waals surface area (Å²) in [4.78, 5) is 35.3. The van der Waals surface area contributed by atoms with E-state index in [2.05, 4.69) is 0 Å². The van der Waals surface area contributed by atoms with Gasteiger partial charge in [0.1, 0.15) is 0 Å². The summed E-state index contributed by atoms with van der Waals surface area (Å²) < 4.78 is 16.7. The van der Waals surface area contributed by atoms with E-state index in [-0.39, 0.29) is 18.1 Å². The first kappa shape index (κ1) is 18.5. The first-order chi connectivity index (χ1) is 12.6. The Balaban J connectivity index is 1.77. The fourth-order valence-electron chi connectivity index (χ4n) is 6.79. The van der Waals surface area contributed by atoms with E-state index in [0.29, 0.717) is 31.3 Å². The van der Waals surface area contributed by atoms with Crippen LogP contribution in [0.25, 0.3) is 0 Å². The first-order valence-electron chi connectivity index (χ1n) is 9.64. The zero-order chi connectivity index (χ0) is 19.8. The van der Waals surface area contributed by atoms with Crippen LogP contribution in [0.2, 0.25) is 0 Å². The largest absolute Gasteiger partial charge is 0.475 e. The van der Waals surface area contributed by atoms with Crippen molar-refractivity contribution in [2.75, 3.05) is 0 Å². The minimum Gasteiger partial charge on any atom is -0.475 e. The molecule has 6 heteroatoms. The molecule has 0 aromatic rings. The maximum absolute atomic E-state index is 16.7. The average molecular weight is 376 g/mol. The molecule has 0 spiro atoms. The smallest absolute Gasteiger partial charge is 0.372 e. The molecule has 27 heavy (non-hydrogen) atoms. The van der Waals surface area contributed by atoms with Crippen LogP contribution in [0.5, 0.6) is 0 Å². The van der Waals surface area contributed by atoms with Crippen molar-refractivity contribution in [3.05, 3.63) is 23.8 Å². The van der Waals surface area contributed by atoms with Gasteiger partial charge in [-0.2, -0.15) is 0 Å². The van der Waals surface area contributed by atoms with E-state index in [0.717, 1.165) is 0 Å². The summed E-state index contributed by atoms with van der Waals surface area (Å²) in [5.41, 5.74) is -2.99. The second-order valence-electron chi connectivity index (χ2n) is 9.15. The predicted octanol–water partition coefficient (Wildman–Crippen LogP) is 2.63. The molecule has 4 rings (SSSR count). The zero-order valence-electron chi connectivity index (χ0n) is 15.6. The van der Waals surface area contributed by atoms with E-state index in [4.69, 9.17) is 0 Å². The molecule has 0 aromatic carbocycles. The number of halogens is 1. The molecule has 0 aliphatic heterocycles. The summed E-state index contributed by atoms with van der Waals surface area (Å²) in [6.45, 7) is 3.58. The highest BCUT2D eigenvalue weighted by Gasteiger charge is 2.71. The minimum atomic E-state index is -1.93. The van der Waals surface area contributed by atoms with Crippen LogP contribution in [0.1, 0.15) is 46.0 Å². The van der Waals surface area contributed by atoms with E-state index in [1.54, 1.807) is 13.0 Å². The Kier molecular flexibility index (Phi) is 3.84. The summed E-state index contributed by atoms with van der Waals surface area (Å²) in [6, 6.07) is 0. The number of aliphatic hydroxyl groups excluding tert-OH is 1. The number of Topliss-reactive ketones (excluding diaryl/α,β-unsaturated/α-hetero) is 1. The average Bonchev–Trinajstić information content (AvgIpc) is 2.93. The molecule has 0 bridgehead atoms. The molecule has 7 atom stereocenters. The predicted molar refractivity (Wildman–Crippen MR) is 94.5 cm³/mol. The molecule has 0 amide bonds. The van der Waals surface area contributed by atoms with E-state index in [1.165, 1.54) is 12.2 Å². The third kappa shape index (κ3) is 2.16. The number of fused-ring (bicyclic) bond motifs is 5. The fraction of sp³-hybridized carbons (Fsp3) is 0.667. The van der Waals surface area contributed by atoms with E-state index >= 15 is 4.39 Å². The number of carboxylic acids is 1. The van der Waals surface area contributed by atoms with Crippen LogP contribution in [0.3, 0.4) is 0 Å². The highest BCUT2D eigenvalue weighted by atomic mass is 19.1. The molecule has 1 unspecified atom stereocenters. The van der Waals surface area contributed by atoms with E-state index < -0.39 is 46.2 Å². The monoisotopic (exact) mass is 376 g/mol. The van der Waals surface area contributed by atoms with Gasteiger partial charge in [0.15, 0.2) is 11.5 Å². The zero-order valence-corrected chi connectivity index (χ0v) is 15.6. The number of allylic oxidation sites excluding steroid dienone is 4. The molecular weight excluding hydrogens is 351 g/mol. The molecule has 3 fully saturated rings. The van der Waals surface area contributed by atoms with Gasteiger partial charge in [0.2, 0.25) is 5.78 Å². The second kappa shape index (κ2) is 5.60. The lowest BCUT2D eigenvalue weighted by atomic mass is 9.45. The van der Waals surface area contributed by atoms with Crippen LogP contribution in [0.15, 0.2) is 23.8 Å². The van der Waals surface area contributed by atoms with Gasteiger partial charge in [-0.1, -0.05) is 18.6 Å². The van der Waals surface area contributed by atoms with Crippen LogP contribution in [0, 0.1) is 28.6 Å². The number of hydrogen-bond acceptors (Lipinski definition) is 4. The van der Waals surface area contributed by atoms with Gasteiger partial charge >= 0.3 is 5.97 Å². The van der Waals surface area contributed by atoms with Gasteiger partial charge in [-0.05, 0) is 62.5 Å². The number of hydrogen-bond donors (Lipinski definition) is 2. The second-order valence-corrected chi connectivity index (χ2v) is 9.15. The molecule has 0 aromatic heterocycles. The van der Waals surface area contributed by atoms with Crippen LogP contribution in [-0.4, -0.2) is 39.5 Å². The Morgan fingerprint density at radius 2 is 1.89 bits per heavy atom. The molecule has 0 radical (unpaired) electrons. The van der Waals surface area contributed by atoms with Gasteiger partial charge in [-0.15, -0.1) is 0 Å². The molecular formula is C21H25FO5. The molecule has 4 aliphatic rings. The summed E-state index contributed by atoms with van der Waals surface area (Å²) in [5, 5.41) is 20.2. The fourth-order valence-corrected chi connectivity index (χ4v) is 6.79. The van der Waals surface area contributed by atoms with Crippen molar-refractivity contribution in [2.24, 2.45) is 28.6 Å². The van der Waals surface area contributed by atoms with Crippen LogP contribution in [-0.2, 0) is 14.4 Å². The molecule has 2 N–H and O–H groups in total. The van der Waals surface area contributed by atoms with Gasteiger partial charge in [0.25, 0.3) is 0 Å². The van der Waals surface area contributed by atoms with Gasteiger partial charge in [0.05, 0.1) is 6.10 Å². The van der Waals surface area contributed by atoms with Crippen molar-refractivity contribution in [3.8, 4) is 0 Å². The topological polar surface area (TPSA) is 91.7 Å². The molecule has 3 saturated carbocycles. The first-order valence-corrected chi connectivity index (χ1v) is 9.64. The Morgan fingerprint density at radius 1 is 1.19 bits per heavy atom. The Hall–Kier alpha value is -1.82. The van der Waals surface area contributed by atoms with Gasteiger partial charge in [0, 0.05) is 17.3 Å². The van der Waals surface area contributed by atoms with Crippen molar-refractivity contribution in [1.29, 1.82) is 0 Å². The van der Waals surface area contributed by atoms with E-state index in [9.17, 15) is 24.6 Å². The minimum absolute atomic E-state index is 0.0546. The lowest BCUT2D eigenvalue weighted by Crippen LogP contribution is -2.66. The van der Waals surface area contributed by atoms with Crippen molar-refractivity contribution >= 4 is 17.5 Å². The highest BCUT2D eigenvalue weighted by molar-refractivity contribution is 6.33. The lowest BCUT2D eigenvalue weighted by molar-refractivity contribution is -0.196. The number of aliphatic carboxylic acids is 1. The van der Waals surface area contributed by atoms with E-state index in [1.807, 2.05) is 6.92 Å². The Bertz CT molecular complexity index is 800. The van der Waals surface area contributed by atoms with Crippen molar-refractivity contribution in [1.82, 2.24) is 0 Å². The van der Waals surface area contributed by atoms with Crippen molar-refractivity contribution in [3.63, 3.8) is 0 Å². The number of aliphatic hydroxyl groups is 1. The summed E-state index contributed by atoms with van der Waals surface area (Å²) >= 11 is 0. The SMILES string of the molecule is C[C@]12CC(O)[C@@]3(F)[C@@H](CCC4=CC(=O)C=C[C@@]43C)[C@@H]1CC[C@@H]2C(=O)C(=O)O. The normalized spacial score (nSPS) is 48.3. The number of carbonyl (C=O) groups is 3. The van der Waals surface area contributed by atoms with Crippen molar-refractivity contribution < 1.29 is 29.0 Å². The number of ketones is 2. The summed E-state index contributed by atoms with van der Waals surface area (Å²) in [6.07, 6.45) is 5.25. The number of carboxylic acid groups (broad SMARTS) is 1. The van der Waals surface area contributed by atoms with Gasteiger partial charge in [-0.25, -0.2) is 9.18 Å². The molecule has 5 nitrogen and oxygen atoms in total. The number of alkyl halides is 1. The Labute approximate surface area is 157 Å². The van der Waals surface area contributed by atoms with Crippen LogP contribution < -0.4 is 0 Å². The van der Waals surface area contributed by atoms with Crippen LogP contribution in [0.4, 0.5) is 4.39 Å². The van der Waals surface area contributed by atoms with Gasteiger partial charge < -0.3 is 10.2 Å². The molecule has 0 saturated heterocycles. The number of carbonyl (C=O) groups excluding carboxylic acids is 2. The molecule has 4 aliphatic carbocycles. The third-order valence-electron chi connectivity index (χ3n) is 8.17. The number of rotatable bonds is 2. The maximum Gasteiger partial charge on any atom is 0.372 e. The lowest BCUT2D eigenvalue weighted by Gasteiger charge is -2.61. The highest BCUT2D eigenvalue weighted by Crippen LogP contribution is 2.68. The van der Waals surface area contributed by atoms with Gasteiger partial charge in [-0.3, -0.25) is 9.59 Å². The third-order valence-corrected chi connectivity index (χ3v) is 8.17. The summed E-state index contributed by atoms with van der Waals surface area (Å²) in [5.74, 6) is -3.77. The Morgan fingerprint density at radius 3 is 2.56 bits per heavy atom. The quantitative estimate of drug-likeness (QED) is 0.723. The maximum atomic E-state index is 16.7. The van der Waals surface area contributed by atoms with Crippen LogP contribution >= 0.6 is 0 Å². The standard InChI is InChI=1S/C21H25FO5/c1-19-10-16(24)21(22)14(13(19)5-6-15(19)17(25)18(26)27)4-3-11-9-12(23)7-8-20(11,21)2/h7-9,13-16,24H,3-6,10H2,1-2H3,(H,26,27)/t13-,14-,15+,16?,19-,20-,21-/m0/s1. The van der Waals surface area contributed by atoms with Crippen molar-refractivity contribution in [2.45, 2.75) is 57.7 Å². The molecule has 0 heterocycles. The summed E-state index contributed by atoms with van der Waals surface area (Å²) in [7, 11) is 0. The molecule has 146 valence electrons.